The lowest BCUT2D eigenvalue weighted by molar-refractivity contribution is -0.151. The predicted octanol–water partition coefficient (Wildman–Crippen LogP) is 2.43. The number of halogens is 3. The number of carboxylic acid groups (broad SMARTS) is 1. The number of hydrogen-bond acceptors (Lipinski definition) is 6. The number of carbonyl (C=O) groups excluding carboxylic acids is 2. The molecule has 4 rings (SSSR count). The Morgan fingerprint density at radius 1 is 1.22 bits per heavy atom. The highest BCUT2D eigenvalue weighted by atomic mass is 19.4. The molecule has 1 aromatic heterocycles. The summed E-state index contributed by atoms with van der Waals surface area (Å²) < 4.78 is 43.6. The third kappa shape index (κ3) is 5.37. The Bertz CT molecular complexity index is 817. The molecule has 0 aliphatic carbocycles. The first-order chi connectivity index (χ1) is 15.2. The van der Waals surface area contributed by atoms with Gasteiger partial charge in [0.1, 0.15) is 11.8 Å². The molecule has 3 fully saturated rings. The van der Waals surface area contributed by atoms with Crippen LogP contribution in [0.2, 0.25) is 0 Å². The largest absolute Gasteiger partial charge is 0.483 e. The van der Waals surface area contributed by atoms with E-state index >= 15 is 0 Å². The molecule has 1 spiro atoms. The summed E-state index contributed by atoms with van der Waals surface area (Å²) in [5.74, 6) is -0.536. The third-order valence-electron chi connectivity index (χ3n) is 6.29. The van der Waals surface area contributed by atoms with Crippen LogP contribution in [0.5, 0.6) is 0 Å². The normalized spacial score (nSPS) is 22.9. The minimum Gasteiger partial charge on any atom is -0.483 e. The summed E-state index contributed by atoms with van der Waals surface area (Å²) in [5.41, 5.74) is -1.45. The number of cyclic esters (lactones) is 1. The van der Waals surface area contributed by atoms with E-state index in [0.29, 0.717) is 32.4 Å². The van der Waals surface area contributed by atoms with Crippen molar-refractivity contribution in [2.75, 3.05) is 32.7 Å². The van der Waals surface area contributed by atoms with E-state index in [1.54, 1.807) is 4.90 Å². The van der Waals surface area contributed by atoms with Gasteiger partial charge in [-0.15, -0.1) is 0 Å². The van der Waals surface area contributed by atoms with Crippen molar-refractivity contribution in [3.8, 4) is 0 Å². The quantitative estimate of drug-likeness (QED) is 0.550. The van der Waals surface area contributed by atoms with Gasteiger partial charge >= 0.3 is 12.1 Å². The summed E-state index contributed by atoms with van der Waals surface area (Å²) in [6.07, 6.45) is 0.403. The summed E-state index contributed by atoms with van der Waals surface area (Å²) in [7, 11) is 0. The average molecular weight is 457 g/mol. The number of ether oxygens (including phenoxy) is 1. The van der Waals surface area contributed by atoms with E-state index < -0.39 is 17.3 Å². The molecule has 11 heteroatoms. The first-order valence-electron chi connectivity index (χ1n) is 10.5. The van der Waals surface area contributed by atoms with Gasteiger partial charge in [0.05, 0.1) is 11.0 Å². The van der Waals surface area contributed by atoms with E-state index in [0.717, 1.165) is 38.0 Å². The van der Waals surface area contributed by atoms with Crippen LogP contribution in [0.1, 0.15) is 48.2 Å². The van der Waals surface area contributed by atoms with Crippen LogP contribution in [0.25, 0.3) is 0 Å². The standard InChI is InChI=1S/C20H24F3N3O3.CH2O2/c21-20(22,23)16-4-3-14(12-24-16)17(27)26-9-5-19(6-10-26)11-15(29-18(19)28)13-25-7-1-2-8-25;2-1-3/h3-4,12,15H,1-2,5-11,13H2;1H,(H,2,3). The predicted molar refractivity (Wildman–Crippen MR) is 106 cm³/mol. The van der Waals surface area contributed by atoms with Crippen LogP contribution in [-0.4, -0.2) is 77.1 Å². The molecule has 1 aromatic rings. The number of rotatable bonds is 3. The lowest BCUT2D eigenvalue weighted by Gasteiger charge is -2.36. The van der Waals surface area contributed by atoms with Crippen molar-refractivity contribution in [1.82, 2.24) is 14.8 Å². The molecule has 0 bridgehead atoms. The molecule has 1 unspecified atom stereocenters. The molecule has 4 heterocycles. The van der Waals surface area contributed by atoms with Crippen molar-refractivity contribution in [3.63, 3.8) is 0 Å². The molecule has 3 aliphatic rings. The molecule has 32 heavy (non-hydrogen) atoms. The van der Waals surface area contributed by atoms with Gasteiger partial charge in [-0.25, -0.2) is 0 Å². The molecule has 0 saturated carbocycles. The highest BCUT2D eigenvalue weighted by molar-refractivity contribution is 5.94. The van der Waals surface area contributed by atoms with Crippen LogP contribution in [0.15, 0.2) is 18.3 Å². The number of alkyl halides is 3. The SMILES string of the molecule is O=C(c1ccc(C(F)(F)F)nc1)N1CCC2(CC1)CC(CN1CCCC1)OC2=O.O=CO. The van der Waals surface area contributed by atoms with Crippen LogP contribution >= 0.6 is 0 Å². The van der Waals surface area contributed by atoms with Crippen molar-refractivity contribution in [3.05, 3.63) is 29.6 Å². The first-order valence-corrected chi connectivity index (χ1v) is 10.5. The summed E-state index contributed by atoms with van der Waals surface area (Å²) in [6.45, 7) is 3.37. The van der Waals surface area contributed by atoms with Crippen molar-refractivity contribution in [1.29, 1.82) is 0 Å². The summed E-state index contributed by atoms with van der Waals surface area (Å²) in [6, 6.07) is 1.97. The van der Waals surface area contributed by atoms with Gasteiger partial charge in [-0.1, -0.05) is 0 Å². The number of likely N-dealkylation sites (tertiary alicyclic amines) is 2. The smallest absolute Gasteiger partial charge is 0.433 e. The van der Waals surface area contributed by atoms with Gasteiger partial charge in [-0.2, -0.15) is 13.2 Å². The Morgan fingerprint density at radius 3 is 2.38 bits per heavy atom. The maximum Gasteiger partial charge on any atom is 0.433 e. The van der Waals surface area contributed by atoms with E-state index in [4.69, 9.17) is 14.6 Å². The number of aromatic nitrogens is 1. The molecule has 3 saturated heterocycles. The zero-order valence-electron chi connectivity index (χ0n) is 17.5. The maximum atomic E-state index is 12.6. The van der Waals surface area contributed by atoms with E-state index in [-0.39, 0.29) is 30.0 Å². The van der Waals surface area contributed by atoms with Gasteiger partial charge in [0.25, 0.3) is 12.4 Å². The Balaban J connectivity index is 0.000000913. The minimum atomic E-state index is -4.53. The molecule has 3 aliphatic heterocycles. The molecule has 1 atom stereocenters. The second-order valence-electron chi connectivity index (χ2n) is 8.35. The second kappa shape index (κ2) is 9.85. The Morgan fingerprint density at radius 2 is 1.84 bits per heavy atom. The van der Waals surface area contributed by atoms with Crippen LogP contribution in [0.4, 0.5) is 13.2 Å². The molecule has 0 radical (unpaired) electrons. The van der Waals surface area contributed by atoms with Crippen molar-refractivity contribution in [2.45, 2.75) is 44.4 Å². The minimum absolute atomic E-state index is 0.0954. The third-order valence-corrected chi connectivity index (χ3v) is 6.29. The maximum absolute atomic E-state index is 12.6. The molecular weight excluding hydrogens is 431 g/mol. The van der Waals surface area contributed by atoms with Crippen LogP contribution in [-0.2, 0) is 20.5 Å². The van der Waals surface area contributed by atoms with Crippen molar-refractivity contribution in [2.24, 2.45) is 5.41 Å². The summed E-state index contributed by atoms with van der Waals surface area (Å²) >= 11 is 0. The molecule has 0 aromatic carbocycles. The Kier molecular flexibility index (Phi) is 7.37. The zero-order valence-corrected chi connectivity index (χ0v) is 17.5. The number of hydrogen-bond donors (Lipinski definition) is 1. The second-order valence-corrected chi connectivity index (χ2v) is 8.35. The van der Waals surface area contributed by atoms with Gasteiger partial charge < -0.3 is 14.7 Å². The van der Waals surface area contributed by atoms with Gasteiger partial charge in [0.15, 0.2) is 0 Å². The average Bonchev–Trinajstić information content (AvgIpc) is 3.36. The highest BCUT2D eigenvalue weighted by Crippen LogP contribution is 2.43. The molecule has 8 nitrogen and oxygen atoms in total. The number of pyridine rings is 1. The number of amides is 1. The van der Waals surface area contributed by atoms with Gasteiger partial charge in [0, 0.05) is 32.3 Å². The monoisotopic (exact) mass is 457 g/mol. The van der Waals surface area contributed by atoms with E-state index in [1.165, 1.54) is 12.8 Å². The number of nitrogens with zero attached hydrogens (tertiary/aromatic N) is 3. The van der Waals surface area contributed by atoms with Crippen LogP contribution in [0, 0.1) is 5.41 Å². The molecule has 176 valence electrons. The molecular formula is C21H26F3N3O5. The lowest BCUT2D eigenvalue weighted by Crippen LogP contribution is -2.45. The Labute approximate surface area is 183 Å². The molecule has 1 N–H and O–H groups in total. The highest BCUT2D eigenvalue weighted by Gasteiger charge is 2.51. The van der Waals surface area contributed by atoms with E-state index in [1.807, 2.05) is 0 Å². The van der Waals surface area contributed by atoms with Gasteiger partial charge in [-0.05, 0) is 50.9 Å². The number of carbonyl (C=O) groups is 3. The van der Waals surface area contributed by atoms with Crippen molar-refractivity contribution >= 4 is 18.3 Å². The summed E-state index contributed by atoms with van der Waals surface area (Å²) in [4.78, 5) is 40.8. The van der Waals surface area contributed by atoms with Crippen molar-refractivity contribution < 1.29 is 37.4 Å². The fraction of sp³-hybridized carbons (Fsp3) is 0.619. The fourth-order valence-electron chi connectivity index (χ4n) is 4.61. The van der Waals surface area contributed by atoms with Gasteiger partial charge in [-0.3, -0.25) is 24.3 Å². The zero-order chi connectivity index (χ0) is 23.4. The molecule has 1 amide bonds. The van der Waals surface area contributed by atoms with E-state index in [2.05, 4.69) is 9.88 Å². The first kappa shape index (κ1) is 24.0. The number of esters is 1. The topological polar surface area (TPSA) is 100 Å². The fourth-order valence-corrected chi connectivity index (χ4v) is 4.61. The number of piperidine rings is 1. The van der Waals surface area contributed by atoms with Crippen LogP contribution in [0.3, 0.4) is 0 Å². The summed E-state index contributed by atoms with van der Waals surface area (Å²) in [5, 5.41) is 6.89. The Hall–Kier alpha value is -2.69. The van der Waals surface area contributed by atoms with Crippen LogP contribution < -0.4 is 0 Å². The lowest BCUT2D eigenvalue weighted by atomic mass is 9.76. The van der Waals surface area contributed by atoms with Gasteiger partial charge in [0.2, 0.25) is 0 Å². The van der Waals surface area contributed by atoms with E-state index in [9.17, 15) is 22.8 Å².